The Morgan fingerprint density at radius 1 is 0.405 bits per heavy atom. The smallest absolute Gasteiger partial charge is 0.115 e. The van der Waals surface area contributed by atoms with Crippen molar-refractivity contribution in [3.05, 3.63) is 156 Å². The van der Waals surface area contributed by atoms with Gasteiger partial charge in [-0.25, -0.2) is 0 Å². The molecule has 0 atom stereocenters. The van der Waals surface area contributed by atoms with Crippen LogP contribution in [0.25, 0.3) is 33.0 Å². The molecule has 0 heterocycles. The predicted molar refractivity (Wildman–Crippen MR) is 150 cm³/mol. The van der Waals surface area contributed by atoms with Gasteiger partial charge >= 0.3 is 0 Å². The van der Waals surface area contributed by atoms with E-state index in [9.17, 15) is 10.2 Å². The lowest BCUT2D eigenvalue weighted by Gasteiger charge is -2.34. The third kappa shape index (κ3) is 3.19. The van der Waals surface area contributed by atoms with Gasteiger partial charge in [0, 0.05) is 0 Å². The molecular weight excluding hydrogens is 452 g/mol. The van der Waals surface area contributed by atoms with E-state index in [1.165, 1.54) is 38.6 Å². The molecule has 37 heavy (non-hydrogen) atoms. The zero-order chi connectivity index (χ0) is 25.0. The van der Waals surface area contributed by atoms with Crippen molar-refractivity contribution in [1.82, 2.24) is 0 Å². The summed E-state index contributed by atoms with van der Waals surface area (Å²) < 4.78 is 0. The quantitative estimate of drug-likeness (QED) is 0.269. The molecule has 2 heteroatoms. The molecule has 1 aliphatic rings. The first-order valence-corrected chi connectivity index (χ1v) is 12.5. The lowest BCUT2D eigenvalue weighted by Crippen LogP contribution is -2.28. The van der Waals surface area contributed by atoms with E-state index in [0.717, 1.165) is 16.7 Å². The molecule has 0 amide bonds. The zero-order valence-electron chi connectivity index (χ0n) is 20.1. The van der Waals surface area contributed by atoms with Crippen LogP contribution in [0.2, 0.25) is 0 Å². The Hall–Kier alpha value is -4.82. The normalized spacial score (nSPS) is 13.3. The molecule has 2 nitrogen and oxygen atoms in total. The van der Waals surface area contributed by atoms with Gasteiger partial charge in [0.25, 0.3) is 0 Å². The van der Waals surface area contributed by atoms with Crippen LogP contribution in [-0.4, -0.2) is 10.2 Å². The number of aromatic hydroxyl groups is 2. The Balaban J connectivity index is 1.55. The highest BCUT2D eigenvalue weighted by Gasteiger charge is 2.46. The fourth-order valence-electron chi connectivity index (χ4n) is 6.04. The molecule has 0 unspecified atom stereocenters. The summed E-state index contributed by atoms with van der Waals surface area (Å²) in [6, 6.07) is 45.4. The molecule has 1 aliphatic carbocycles. The third-order valence-electron chi connectivity index (χ3n) is 7.73. The Kier molecular flexibility index (Phi) is 4.70. The maximum atomic E-state index is 10.1. The first-order valence-electron chi connectivity index (χ1n) is 12.5. The van der Waals surface area contributed by atoms with Crippen LogP contribution < -0.4 is 0 Å². The Labute approximate surface area is 215 Å². The van der Waals surface area contributed by atoms with E-state index in [-0.39, 0.29) is 11.5 Å². The van der Waals surface area contributed by atoms with Crippen LogP contribution in [0.3, 0.4) is 0 Å². The highest BCUT2D eigenvalue weighted by atomic mass is 16.3. The number of phenols is 2. The van der Waals surface area contributed by atoms with Crippen molar-refractivity contribution in [2.45, 2.75) is 5.41 Å². The predicted octanol–water partition coefficient (Wildman–Crippen LogP) is 8.28. The molecule has 0 aliphatic heterocycles. The van der Waals surface area contributed by atoms with Gasteiger partial charge in [0.15, 0.2) is 0 Å². The van der Waals surface area contributed by atoms with E-state index in [1.807, 2.05) is 24.3 Å². The molecule has 0 saturated carbocycles. The SMILES string of the molecule is Oc1ccc(C2(c3ccc(O)cc3)c3ccccc3-c3ccc(-c4ccc5ccccc5c4)cc32)cc1. The number of phenolic OH excluding ortho intramolecular Hbond substituents is 2. The van der Waals surface area contributed by atoms with Gasteiger partial charge in [-0.15, -0.1) is 0 Å². The number of hydrogen-bond donors (Lipinski definition) is 2. The summed E-state index contributed by atoms with van der Waals surface area (Å²) in [7, 11) is 0. The third-order valence-corrected chi connectivity index (χ3v) is 7.73. The standard InChI is InChI=1S/C35H24O2/c36-29-16-12-27(13-17-29)35(28-14-18-30(37)19-15-28)33-8-4-3-7-31(33)32-20-11-26(22-34(32)35)25-10-9-23-5-1-2-6-24(23)21-25/h1-22,36-37H. The summed E-state index contributed by atoms with van der Waals surface area (Å²) in [6.07, 6.45) is 0. The van der Waals surface area contributed by atoms with Crippen LogP contribution in [0.15, 0.2) is 133 Å². The Morgan fingerprint density at radius 2 is 0.946 bits per heavy atom. The molecule has 6 aromatic carbocycles. The Morgan fingerprint density at radius 3 is 1.65 bits per heavy atom. The minimum absolute atomic E-state index is 0.237. The summed E-state index contributed by atoms with van der Waals surface area (Å²) >= 11 is 0. The van der Waals surface area contributed by atoms with E-state index < -0.39 is 5.41 Å². The van der Waals surface area contributed by atoms with Crippen LogP contribution >= 0.6 is 0 Å². The molecule has 6 aromatic rings. The van der Waals surface area contributed by atoms with Crippen LogP contribution in [0.4, 0.5) is 0 Å². The minimum Gasteiger partial charge on any atom is -0.508 e. The molecule has 7 rings (SSSR count). The molecule has 0 fully saturated rings. The number of benzene rings is 6. The maximum absolute atomic E-state index is 10.1. The molecule has 176 valence electrons. The van der Waals surface area contributed by atoms with Gasteiger partial charge in [0.1, 0.15) is 11.5 Å². The monoisotopic (exact) mass is 476 g/mol. The molecule has 0 bridgehead atoms. The molecule has 0 aromatic heterocycles. The minimum atomic E-state index is -0.597. The second-order valence-corrected chi connectivity index (χ2v) is 9.71. The fraction of sp³-hybridized carbons (Fsp3) is 0.0286. The second kappa shape index (κ2) is 8.11. The number of fused-ring (bicyclic) bond motifs is 4. The van der Waals surface area contributed by atoms with Crippen LogP contribution in [0, 0.1) is 0 Å². The highest BCUT2D eigenvalue weighted by molar-refractivity contribution is 5.91. The van der Waals surface area contributed by atoms with Gasteiger partial charge in [0.2, 0.25) is 0 Å². The number of hydrogen-bond acceptors (Lipinski definition) is 2. The summed E-state index contributed by atoms with van der Waals surface area (Å²) in [5.74, 6) is 0.474. The van der Waals surface area contributed by atoms with Crippen molar-refractivity contribution in [2.75, 3.05) is 0 Å². The van der Waals surface area contributed by atoms with Crippen LogP contribution in [-0.2, 0) is 5.41 Å². The van der Waals surface area contributed by atoms with Crippen molar-refractivity contribution in [1.29, 1.82) is 0 Å². The van der Waals surface area contributed by atoms with Crippen molar-refractivity contribution >= 4 is 10.8 Å². The molecule has 0 saturated heterocycles. The molecule has 2 N–H and O–H groups in total. The average Bonchev–Trinajstić information content (AvgIpc) is 3.24. The van der Waals surface area contributed by atoms with E-state index in [2.05, 4.69) is 84.9 Å². The summed E-state index contributed by atoms with van der Waals surface area (Å²) in [6.45, 7) is 0. The van der Waals surface area contributed by atoms with Crippen molar-refractivity contribution in [3.8, 4) is 33.8 Å². The van der Waals surface area contributed by atoms with E-state index in [0.29, 0.717) is 0 Å². The second-order valence-electron chi connectivity index (χ2n) is 9.71. The van der Waals surface area contributed by atoms with E-state index in [1.54, 1.807) is 24.3 Å². The van der Waals surface area contributed by atoms with E-state index >= 15 is 0 Å². The summed E-state index contributed by atoms with van der Waals surface area (Å²) in [4.78, 5) is 0. The topological polar surface area (TPSA) is 40.5 Å². The number of rotatable bonds is 3. The summed E-state index contributed by atoms with van der Waals surface area (Å²) in [5.41, 5.74) is 8.63. The van der Waals surface area contributed by atoms with Crippen LogP contribution in [0.1, 0.15) is 22.3 Å². The van der Waals surface area contributed by atoms with Crippen molar-refractivity contribution in [3.63, 3.8) is 0 Å². The van der Waals surface area contributed by atoms with Gasteiger partial charge < -0.3 is 10.2 Å². The van der Waals surface area contributed by atoms with Crippen molar-refractivity contribution < 1.29 is 10.2 Å². The van der Waals surface area contributed by atoms with Crippen molar-refractivity contribution in [2.24, 2.45) is 0 Å². The van der Waals surface area contributed by atoms with Gasteiger partial charge in [-0.1, -0.05) is 97.1 Å². The maximum Gasteiger partial charge on any atom is 0.115 e. The van der Waals surface area contributed by atoms with Gasteiger partial charge in [-0.05, 0) is 91.7 Å². The van der Waals surface area contributed by atoms with E-state index in [4.69, 9.17) is 0 Å². The van der Waals surface area contributed by atoms with Gasteiger partial charge in [0.05, 0.1) is 5.41 Å². The first-order chi connectivity index (χ1) is 18.1. The first kappa shape index (κ1) is 21.5. The largest absolute Gasteiger partial charge is 0.508 e. The zero-order valence-corrected chi connectivity index (χ0v) is 20.1. The van der Waals surface area contributed by atoms with Crippen LogP contribution in [0.5, 0.6) is 11.5 Å². The average molecular weight is 477 g/mol. The molecular formula is C35H24O2. The van der Waals surface area contributed by atoms with Gasteiger partial charge in [-0.3, -0.25) is 0 Å². The Bertz CT molecular complexity index is 1730. The summed E-state index contributed by atoms with van der Waals surface area (Å²) in [5, 5.41) is 22.7. The molecule has 0 radical (unpaired) electrons. The van der Waals surface area contributed by atoms with Gasteiger partial charge in [-0.2, -0.15) is 0 Å². The lowest BCUT2D eigenvalue weighted by atomic mass is 9.67. The molecule has 0 spiro atoms. The lowest BCUT2D eigenvalue weighted by molar-refractivity contribution is 0.475. The highest BCUT2D eigenvalue weighted by Crippen LogP contribution is 2.57. The fourth-order valence-corrected chi connectivity index (χ4v) is 6.04.